The molecule has 0 saturated heterocycles. The highest BCUT2D eigenvalue weighted by Crippen LogP contribution is 2.48. The van der Waals surface area contributed by atoms with E-state index in [2.05, 4.69) is 32.9 Å². The van der Waals surface area contributed by atoms with Crippen molar-refractivity contribution in [1.29, 1.82) is 0 Å². The van der Waals surface area contributed by atoms with Gasteiger partial charge in [-0.1, -0.05) is 39.3 Å². The van der Waals surface area contributed by atoms with Gasteiger partial charge < -0.3 is 4.74 Å². The minimum absolute atomic E-state index is 0.000767. The number of carbonyl (C=O) groups is 1. The van der Waals surface area contributed by atoms with Gasteiger partial charge in [-0.05, 0) is 73.5 Å². The molecule has 2 saturated carbocycles. The molecule has 0 N–H and O–H groups in total. The molecule has 3 rings (SSSR count). The Labute approximate surface area is 140 Å². The lowest BCUT2D eigenvalue weighted by atomic mass is 9.88. The molecule has 0 aromatic heterocycles. The number of esters is 1. The zero-order valence-electron chi connectivity index (χ0n) is 14.8. The molecule has 23 heavy (non-hydrogen) atoms. The minimum atomic E-state index is -0.000767. The summed E-state index contributed by atoms with van der Waals surface area (Å²) in [6.07, 6.45) is 7.19. The molecule has 2 nitrogen and oxygen atoms in total. The van der Waals surface area contributed by atoms with E-state index in [1.807, 2.05) is 12.1 Å². The normalized spacial score (nSPS) is 27.4. The Hall–Kier alpha value is -1.31. The highest BCUT2D eigenvalue weighted by Gasteiger charge is 2.44. The summed E-state index contributed by atoms with van der Waals surface area (Å²) >= 11 is 0. The maximum atomic E-state index is 12.4. The van der Waals surface area contributed by atoms with Gasteiger partial charge in [-0.3, -0.25) is 4.79 Å². The molecule has 4 atom stereocenters. The first kappa shape index (κ1) is 16.5. The van der Waals surface area contributed by atoms with Crippen molar-refractivity contribution in [2.75, 3.05) is 0 Å². The highest BCUT2D eigenvalue weighted by atomic mass is 16.5. The van der Waals surface area contributed by atoms with Gasteiger partial charge in [0, 0.05) is 0 Å². The van der Waals surface area contributed by atoms with Crippen molar-refractivity contribution in [2.45, 2.75) is 65.2 Å². The highest BCUT2D eigenvalue weighted by molar-refractivity contribution is 5.76. The Bertz CT molecular complexity index is 531. The van der Waals surface area contributed by atoms with E-state index in [-0.39, 0.29) is 11.9 Å². The first-order valence-electron chi connectivity index (χ1n) is 9.38. The number of carbonyl (C=O) groups excluding carboxylic acids is 1. The van der Waals surface area contributed by atoms with Gasteiger partial charge in [0.05, 0.1) is 5.92 Å². The zero-order chi connectivity index (χ0) is 16.4. The van der Waals surface area contributed by atoms with Gasteiger partial charge >= 0.3 is 5.97 Å². The first-order valence-corrected chi connectivity index (χ1v) is 9.38. The van der Waals surface area contributed by atoms with Crippen LogP contribution in [0.25, 0.3) is 0 Å². The molecular formula is C21H30O2. The largest absolute Gasteiger partial charge is 0.426 e. The summed E-state index contributed by atoms with van der Waals surface area (Å²) in [7, 11) is 0. The molecule has 2 heteroatoms. The smallest absolute Gasteiger partial charge is 0.314 e. The molecule has 2 fully saturated rings. The summed E-state index contributed by atoms with van der Waals surface area (Å²) < 4.78 is 5.66. The third kappa shape index (κ3) is 3.79. The first-order chi connectivity index (χ1) is 11.1. The van der Waals surface area contributed by atoms with E-state index < -0.39 is 0 Å². The fourth-order valence-electron chi connectivity index (χ4n) is 4.64. The molecule has 4 unspecified atom stereocenters. The molecule has 0 aliphatic heterocycles. The van der Waals surface area contributed by atoms with Crippen molar-refractivity contribution >= 4 is 5.97 Å². The fourth-order valence-corrected chi connectivity index (χ4v) is 4.64. The van der Waals surface area contributed by atoms with Crippen LogP contribution in [0.1, 0.15) is 70.8 Å². The Kier molecular flexibility index (Phi) is 5.08. The standard InChI is InChI=1S/C21H30O2/c1-4-16(11-14(2)3)17-7-9-19(10-8-17)23-21(22)20-13-15-5-6-18(20)12-15/h7-10,14-16,18,20H,4-6,11-13H2,1-3H3. The second-order valence-corrected chi connectivity index (χ2v) is 8.01. The molecule has 2 aliphatic rings. The van der Waals surface area contributed by atoms with E-state index in [9.17, 15) is 4.79 Å². The van der Waals surface area contributed by atoms with Crippen LogP contribution in [-0.4, -0.2) is 5.97 Å². The minimum Gasteiger partial charge on any atom is -0.426 e. The van der Waals surface area contributed by atoms with Crippen molar-refractivity contribution in [3.63, 3.8) is 0 Å². The predicted octanol–water partition coefficient (Wildman–Crippen LogP) is 5.57. The van der Waals surface area contributed by atoms with Crippen molar-refractivity contribution in [3.8, 4) is 5.75 Å². The van der Waals surface area contributed by atoms with Crippen LogP contribution in [0.5, 0.6) is 5.75 Å². The number of hydrogen-bond acceptors (Lipinski definition) is 2. The fraction of sp³-hybridized carbons (Fsp3) is 0.667. The Morgan fingerprint density at radius 1 is 1.17 bits per heavy atom. The second kappa shape index (κ2) is 7.07. The maximum absolute atomic E-state index is 12.4. The molecule has 2 aliphatic carbocycles. The molecule has 0 heterocycles. The molecule has 126 valence electrons. The van der Waals surface area contributed by atoms with E-state index >= 15 is 0 Å². The maximum Gasteiger partial charge on any atom is 0.314 e. The average Bonchev–Trinajstić information content (AvgIpc) is 3.16. The lowest BCUT2D eigenvalue weighted by Crippen LogP contribution is -2.25. The van der Waals surface area contributed by atoms with Gasteiger partial charge in [0.25, 0.3) is 0 Å². The monoisotopic (exact) mass is 314 g/mol. The van der Waals surface area contributed by atoms with Crippen LogP contribution in [-0.2, 0) is 4.79 Å². The summed E-state index contributed by atoms with van der Waals surface area (Å²) in [5, 5.41) is 0. The van der Waals surface area contributed by atoms with Gasteiger partial charge in [0.2, 0.25) is 0 Å². The summed E-state index contributed by atoms with van der Waals surface area (Å²) in [4.78, 5) is 12.4. The van der Waals surface area contributed by atoms with Crippen LogP contribution >= 0.6 is 0 Å². The quantitative estimate of drug-likeness (QED) is 0.507. The molecule has 1 aromatic rings. The topological polar surface area (TPSA) is 26.3 Å². The van der Waals surface area contributed by atoms with Crippen molar-refractivity contribution < 1.29 is 9.53 Å². The predicted molar refractivity (Wildman–Crippen MR) is 93.5 cm³/mol. The summed E-state index contributed by atoms with van der Waals surface area (Å²) in [5.41, 5.74) is 1.36. The van der Waals surface area contributed by atoms with Gasteiger partial charge in [-0.25, -0.2) is 0 Å². The van der Waals surface area contributed by atoms with Crippen molar-refractivity contribution in [2.24, 2.45) is 23.7 Å². The number of benzene rings is 1. The van der Waals surface area contributed by atoms with Gasteiger partial charge in [0.15, 0.2) is 0 Å². The molecule has 0 amide bonds. The van der Waals surface area contributed by atoms with Gasteiger partial charge in [-0.15, -0.1) is 0 Å². The van der Waals surface area contributed by atoms with Crippen LogP contribution in [0.15, 0.2) is 24.3 Å². The average molecular weight is 314 g/mol. The Morgan fingerprint density at radius 3 is 2.43 bits per heavy atom. The Morgan fingerprint density at radius 2 is 1.91 bits per heavy atom. The molecule has 0 spiro atoms. The van der Waals surface area contributed by atoms with Crippen LogP contribution in [0, 0.1) is 23.7 Å². The molecule has 2 bridgehead atoms. The Balaban J connectivity index is 1.60. The summed E-state index contributed by atoms with van der Waals surface area (Å²) in [6, 6.07) is 8.23. The van der Waals surface area contributed by atoms with Crippen LogP contribution < -0.4 is 4.74 Å². The zero-order valence-corrected chi connectivity index (χ0v) is 14.8. The van der Waals surface area contributed by atoms with Gasteiger partial charge in [0.1, 0.15) is 5.75 Å². The van der Waals surface area contributed by atoms with Crippen LogP contribution in [0.4, 0.5) is 0 Å². The van der Waals surface area contributed by atoms with E-state index in [4.69, 9.17) is 4.74 Å². The SMILES string of the molecule is CCC(CC(C)C)c1ccc(OC(=O)C2CC3CCC2C3)cc1. The molecule has 1 aromatic carbocycles. The number of rotatable bonds is 6. The van der Waals surface area contributed by atoms with Gasteiger partial charge in [-0.2, -0.15) is 0 Å². The second-order valence-electron chi connectivity index (χ2n) is 8.01. The lowest BCUT2D eigenvalue weighted by molar-refractivity contribution is -0.140. The molecular weight excluding hydrogens is 284 g/mol. The number of fused-ring (bicyclic) bond motifs is 2. The van der Waals surface area contributed by atoms with Crippen LogP contribution in [0.3, 0.4) is 0 Å². The number of ether oxygens (including phenoxy) is 1. The molecule has 0 radical (unpaired) electrons. The summed E-state index contributed by atoms with van der Waals surface area (Å²) in [6.45, 7) is 6.79. The third-order valence-corrected chi connectivity index (χ3v) is 5.86. The van der Waals surface area contributed by atoms with E-state index in [1.54, 1.807) is 0 Å². The summed E-state index contributed by atoms with van der Waals surface area (Å²) in [5.74, 6) is 3.53. The van der Waals surface area contributed by atoms with Crippen molar-refractivity contribution in [1.82, 2.24) is 0 Å². The van der Waals surface area contributed by atoms with Crippen LogP contribution in [0.2, 0.25) is 0 Å². The van der Waals surface area contributed by atoms with E-state index in [0.29, 0.717) is 23.5 Å². The number of hydrogen-bond donors (Lipinski definition) is 0. The third-order valence-electron chi connectivity index (χ3n) is 5.86. The van der Waals surface area contributed by atoms with E-state index in [0.717, 1.165) is 18.8 Å². The van der Waals surface area contributed by atoms with E-state index in [1.165, 1.54) is 31.2 Å². The van der Waals surface area contributed by atoms with Crippen molar-refractivity contribution in [3.05, 3.63) is 29.8 Å². The lowest BCUT2D eigenvalue weighted by Gasteiger charge is -2.20.